The lowest BCUT2D eigenvalue weighted by Crippen LogP contribution is -2.41. The molecule has 8 nitrogen and oxygen atoms in total. The molecule has 1 spiro atoms. The fourth-order valence-corrected chi connectivity index (χ4v) is 4.54. The third kappa shape index (κ3) is 3.85. The van der Waals surface area contributed by atoms with E-state index in [4.69, 9.17) is 0 Å². The molecule has 0 radical (unpaired) electrons. The highest BCUT2D eigenvalue weighted by atomic mass is 16.5. The number of aryl methyl sites for hydroxylation is 1. The quantitative estimate of drug-likeness (QED) is 0.419. The van der Waals surface area contributed by atoms with Crippen LogP contribution in [0, 0.1) is 18.3 Å². The number of unbranched alkanes of at least 4 members (excludes halogenated alkanes) is 1. The summed E-state index contributed by atoms with van der Waals surface area (Å²) in [5, 5.41) is 19.1. The first-order valence-corrected chi connectivity index (χ1v) is 10.5. The smallest absolute Gasteiger partial charge is 0.233 e. The van der Waals surface area contributed by atoms with E-state index < -0.39 is 5.92 Å². The van der Waals surface area contributed by atoms with E-state index in [1.807, 2.05) is 34.6 Å². The molecule has 0 aromatic carbocycles. The average Bonchev–Trinajstić information content (AvgIpc) is 3.17. The summed E-state index contributed by atoms with van der Waals surface area (Å²) in [6.45, 7) is 4.83. The lowest BCUT2D eigenvalue weighted by molar-refractivity contribution is -0.157. The highest BCUT2D eigenvalue weighted by Crippen LogP contribution is 2.58. The van der Waals surface area contributed by atoms with Crippen molar-refractivity contribution in [2.24, 2.45) is 11.3 Å². The summed E-state index contributed by atoms with van der Waals surface area (Å²) in [5.41, 5.74) is 2.09. The van der Waals surface area contributed by atoms with Gasteiger partial charge in [-0.1, -0.05) is 19.8 Å². The van der Waals surface area contributed by atoms with E-state index in [2.05, 4.69) is 17.1 Å². The van der Waals surface area contributed by atoms with Gasteiger partial charge in [0.2, 0.25) is 12.3 Å². The lowest BCUT2D eigenvalue weighted by atomic mass is 9.99. The second-order valence-electron chi connectivity index (χ2n) is 8.74. The summed E-state index contributed by atoms with van der Waals surface area (Å²) < 4.78 is 1.98. The maximum Gasteiger partial charge on any atom is 0.233 e. The minimum atomic E-state index is -0.414. The van der Waals surface area contributed by atoms with Crippen LogP contribution in [0.4, 0.5) is 0 Å². The number of rotatable bonds is 8. The van der Waals surface area contributed by atoms with Gasteiger partial charge in [0.25, 0.3) is 0 Å². The van der Waals surface area contributed by atoms with Gasteiger partial charge in [0, 0.05) is 12.7 Å². The molecular weight excluding hydrogens is 370 g/mol. The van der Waals surface area contributed by atoms with E-state index in [9.17, 15) is 14.8 Å². The maximum absolute atomic E-state index is 13.5. The van der Waals surface area contributed by atoms with Gasteiger partial charge in [-0.05, 0) is 55.7 Å². The molecule has 3 heterocycles. The number of pyridine rings is 1. The summed E-state index contributed by atoms with van der Waals surface area (Å²) in [5.74, 6) is 0.377. The van der Waals surface area contributed by atoms with Crippen molar-refractivity contribution in [2.45, 2.75) is 58.4 Å². The van der Waals surface area contributed by atoms with Gasteiger partial charge < -0.3 is 4.90 Å². The standard InChI is InChI=1S/C21H29N5O3/c1-3-4-5-16(12-24(29)14-27)20(28)26-13-21(7-8-21)11-17(26)19-23-22-18-10-15(2)6-9-25(18)19/h6,9-10,14,16-17,29H,3-5,7-8,11-13H2,1-2H3/t16-,17+/m1/s1. The molecule has 4 rings (SSSR count). The summed E-state index contributed by atoms with van der Waals surface area (Å²) >= 11 is 0. The zero-order chi connectivity index (χ0) is 20.6. The Hall–Kier alpha value is -2.48. The van der Waals surface area contributed by atoms with Crippen LogP contribution in [0.2, 0.25) is 0 Å². The Morgan fingerprint density at radius 3 is 2.93 bits per heavy atom. The Labute approximate surface area is 170 Å². The van der Waals surface area contributed by atoms with E-state index in [0.717, 1.165) is 49.1 Å². The predicted octanol–water partition coefficient (Wildman–Crippen LogP) is 2.75. The Balaban J connectivity index is 1.64. The largest absolute Gasteiger partial charge is 0.332 e. The summed E-state index contributed by atoms with van der Waals surface area (Å²) in [7, 11) is 0. The Morgan fingerprint density at radius 1 is 1.45 bits per heavy atom. The van der Waals surface area contributed by atoms with Crippen LogP contribution in [-0.4, -0.2) is 55.2 Å². The molecule has 156 valence electrons. The van der Waals surface area contributed by atoms with Crippen molar-refractivity contribution in [3.05, 3.63) is 29.7 Å². The Bertz CT molecular complexity index is 907. The second-order valence-corrected chi connectivity index (χ2v) is 8.74. The van der Waals surface area contributed by atoms with Crippen LogP contribution in [0.1, 0.15) is 62.9 Å². The maximum atomic E-state index is 13.5. The lowest BCUT2D eigenvalue weighted by Gasteiger charge is -2.29. The molecule has 2 aromatic rings. The highest BCUT2D eigenvalue weighted by molar-refractivity contribution is 5.80. The summed E-state index contributed by atoms with van der Waals surface area (Å²) in [6, 6.07) is 3.88. The number of carbonyl (C=O) groups excluding carboxylic acids is 2. The third-order valence-electron chi connectivity index (χ3n) is 6.42. The monoisotopic (exact) mass is 399 g/mol. The first kappa shape index (κ1) is 19.8. The van der Waals surface area contributed by atoms with Gasteiger partial charge in [-0.2, -0.15) is 0 Å². The molecule has 1 aliphatic heterocycles. The molecule has 29 heavy (non-hydrogen) atoms. The predicted molar refractivity (Wildman–Crippen MR) is 106 cm³/mol. The fraction of sp³-hybridized carbons (Fsp3) is 0.619. The molecule has 2 atom stereocenters. The van der Waals surface area contributed by atoms with E-state index in [1.54, 1.807) is 0 Å². The van der Waals surface area contributed by atoms with Crippen LogP contribution in [-0.2, 0) is 9.59 Å². The molecule has 1 saturated carbocycles. The van der Waals surface area contributed by atoms with E-state index in [0.29, 0.717) is 24.4 Å². The second kappa shape index (κ2) is 7.74. The molecule has 2 fully saturated rings. The number of hydrogen-bond acceptors (Lipinski definition) is 5. The number of amides is 2. The number of fused-ring (bicyclic) bond motifs is 1. The van der Waals surface area contributed by atoms with Crippen molar-refractivity contribution in [3.63, 3.8) is 0 Å². The van der Waals surface area contributed by atoms with Crippen LogP contribution >= 0.6 is 0 Å². The number of nitrogens with zero attached hydrogens (tertiary/aromatic N) is 5. The van der Waals surface area contributed by atoms with Crippen LogP contribution in [0.3, 0.4) is 0 Å². The molecule has 2 aliphatic rings. The minimum absolute atomic E-state index is 0.00279. The zero-order valence-corrected chi connectivity index (χ0v) is 17.1. The zero-order valence-electron chi connectivity index (χ0n) is 17.1. The van der Waals surface area contributed by atoms with Gasteiger partial charge in [-0.15, -0.1) is 10.2 Å². The number of carbonyl (C=O) groups is 2. The van der Waals surface area contributed by atoms with Gasteiger partial charge >= 0.3 is 0 Å². The molecule has 2 amide bonds. The number of hydroxylamine groups is 2. The average molecular weight is 399 g/mol. The van der Waals surface area contributed by atoms with Crippen LogP contribution in [0.5, 0.6) is 0 Å². The van der Waals surface area contributed by atoms with Gasteiger partial charge in [0.15, 0.2) is 11.5 Å². The molecular formula is C21H29N5O3. The molecule has 1 saturated heterocycles. The SMILES string of the molecule is CCCC[C@H](CN(O)C=O)C(=O)N1CC2(CC2)C[C@H]1c1nnc2cc(C)ccn12. The van der Waals surface area contributed by atoms with Crippen molar-refractivity contribution in [1.29, 1.82) is 0 Å². The number of hydrogen-bond donors (Lipinski definition) is 1. The fourth-order valence-electron chi connectivity index (χ4n) is 4.54. The minimum Gasteiger partial charge on any atom is -0.332 e. The topological polar surface area (TPSA) is 91.0 Å². The van der Waals surface area contributed by atoms with Crippen molar-refractivity contribution in [1.82, 2.24) is 24.6 Å². The molecule has 0 unspecified atom stereocenters. The number of aromatic nitrogens is 3. The van der Waals surface area contributed by atoms with Gasteiger partial charge in [0.1, 0.15) is 0 Å². The van der Waals surface area contributed by atoms with E-state index >= 15 is 0 Å². The number of likely N-dealkylation sites (tertiary alicyclic amines) is 1. The van der Waals surface area contributed by atoms with Crippen molar-refractivity contribution in [3.8, 4) is 0 Å². The van der Waals surface area contributed by atoms with Crippen LogP contribution in [0.25, 0.3) is 5.65 Å². The summed E-state index contributed by atoms with van der Waals surface area (Å²) in [6.07, 6.45) is 7.96. The van der Waals surface area contributed by atoms with Crippen molar-refractivity contribution < 1.29 is 14.8 Å². The molecule has 2 aromatic heterocycles. The van der Waals surface area contributed by atoms with Crippen LogP contribution in [0.15, 0.2) is 18.3 Å². The molecule has 1 aliphatic carbocycles. The Morgan fingerprint density at radius 2 is 2.24 bits per heavy atom. The summed E-state index contributed by atoms with van der Waals surface area (Å²) in [4.78, 5) is 26.4. The molecule has 1 N–H and O–H groups in total. The van der Waals surface area contributed by atoms with Crippen molar-refractivity contribution >= 4 is 18.0 Å². The Kier molecular flexibility index (Phi) is 5.29. The van der Waals surface area contributed by atoms with Gasteiger partial charge in [-0.3, -0.25) is 19.2 Å². The first-order valence-electron chi connectivity index (χ1n) is 10.5. The van der Waals surface area contributed by atoms with Crippen molar-refractivity contribution in [2.75, 3.05) is 13.1 Å². The third-order valence-corrected chi connectivity index (χ3v) is 6.42. The van der Waals surface area contributed by atoms with E-state index in [1.165, 1.54) is 0 Å². The highest BCUT2D eigenvalue weighted by Gasteiger charge is 2.55. The normalized spacial score (nSPS) is 20.9. The first-order chi connectivity index (χ1) is 14.0. The van der Waals surface area contributed by atoms with E-state index in [-0.39, 0.29) is 23.9 Å². The molecule has 8 heteroatoms. The van der Waals surface area contributed by atoms with Gasteiger partial charge in [0.05, 0.1) is 18.5 Å². The van der Waals surface area contributed by atoms with Gasteiger partial charge in [-0.25, -0.2) is 5.06 Å². The molecule has 0 bridgehead atoms. The van der Waals surface area contributed by atoms with Crippen LogP contribution < -0.4 is 0 Å².